The second-order valence-corrected chi connectivity index (χ2v) is 5.37. The van der Waals surface area contributed by atoms with Crippen LogP contribution in [0.4, 0.5) is 15.8 Å². The summed E-state index contributed by atoms with van der Waals surface area (Å²) < 4.78 is 16.1. The molecule has 0 aliphatic rings. The number of nitrogens with zero attached hydrogens (tertiary/aromatic N) is 1. The summed E-state index contributed by atoms with van der Waals surface area (Å²) in [5.74, 6) is -0.235. The fourth-order valence-corrected chi connectivity index (χ4v) is 2.26. The van der Waals surface area contributed by atoms with Crippen LogP contribution < -0.4 is 3.93 Å². The molecule has 0 unspecified atom stereocenters. The molecule has 0 heterocycles. The predicted molar refractivity (Wildman–Crippen MR) is 76.3 cm³/mol. The number of hydrogen-bond acceptors (Lipinski definition) is 1. The molecule has 0 N–H and O–H groups in total. The van der Waals surface area contributed by atoms with Crippen LogP contribution in [-0.4, -0.2) is 0 Å². The van der Waals surface area contributed by atoms with Crippen LogP contribution in [0.5, 0.6) is 0 Å². The van der Waals surface area contributed by atoms with Crippen molar-refractivity contribution in [2.45, 2.75) is 6.92 Å². The predicted octanol–water partition coefficient (Wildman–Crippen LogP) is 5.34. The molecule has 2 rings (SSSR count). The highest BCUT2D eigenvalue weighted by Gasteiger charge is 2.07. The molecule has 1 nitrogen and oxygen atoms in total. The Morgan fingerprint density at radius 3 is 2.24 bits per heavy atom. The van der Waals surface area contributed by atoms with Gasteiger partial charge in [0.15, 0.2) is 0 Å². The normalized spacial score (nSPS) is 10.4. The van der Waals surface area contributed by atoms with Gasteiger partial charge in [0.05, 0.1) is 27.5 Å². The van der Waals surface area contributed by atoms with Gasteiger partial charge in [0.2, 0.25) is 0 Å². The Balaban J connectivity index is 2.36. The molecule has 0 saturated carbocycles. The maximum atomic E-state index is 13.3. The Morgan fingerprint density at radius 2 is 1.65 bits per heavy atom. The third-order valence-electron chi connectivity index (χ3n) is 2.31. The zero-order chi connectivity index (χ0) is 12.4. The fourth-order valence-electron chi connectivity index (χ4n) is 1.55. The van der Waals surface area contributed by atoms with Crippen LogP contribution >= 0.6 is 32.1 Å². The van der Waals surface area contributed by atoms with Gasteiger partial charge in [-0.05, 0) is 55.0 Å². The lowest BCUT2D eigenvalue weighted by Gasteiger charge is -2.17. The Labute approximate surface area is 117 Å². The summed E-state index contributed by atoms with van der Waals surface area (Å²) in [4.78, 5) is 0. The lowest BCUT2D eigenvalue weighted by atomic mass is 10.2. The molecule has 0 fully saturated rings. The minimum Gasteiger partial charge on any atom is -0.277 e. The molecule has 0 atom stereocenters. The van der Waals surface area contributed by atoms with Crippen molar-refractivity contribution in [3.63, 3.8) is 0 Å². The van der Waals surface area contributed by atoms with Gasteiger partial charge in [0.25, 0.3) is 0 Å². The molecule has 88 valence electrons. The van der Waals surface area contributed by atoms with E-state index in [1.165, 1.54) is 12.1 Å². The zero-order valence-corrected chi connectivity index (χ0v) is 12.3. The average molecular weight is 359 g/mol. The van der Waals surface area contributed by atoms with Gasteiger partial charge in [-0.15, -0.1) is 0 Å². The van der Waals surface area contributed by atoms with E-state index in [0.717, 1.165) is 21.4 Å². The van der Waals surface area contributed by atoms with Crippen molar-refractivity contribution >= 4 is 43.5 Å². The highest BCUT2D eigenvalue weighted by atomic mass is 79.9. The molecular formula is C13H10Br2FN. The van der Waals surface area contributed by atoms with Crippen molar-refractivity contribution in [1.29, 1.82) is 0 Å². The summed E-state index contributed by atoms with van der Waals surface area (Å²) in [6, 6.07) is 12.7. The molecule has 0 radical (unpaired) electrons. The third-order valence-corrected chi connectivity index (χ3v) is 3.65. The van der Waals surface area contributed by atoms with E-state index >= 15 is 0 Å². The lowest BCUT2D eigenvalue weighted by molar-refractivity contribution is 0.627. The van der Waals surface area contributed by atoms with Gasteiger partial charge in [-0.1, -0.05) is 15.9 Å². The highest BCUT2D eigenvalue weighted by molar-refractivity contribution is 9.10. The Kier molecular flexibility index (Phi) is 3.84. The molecule has 17 heavy (non-hydrogen) atoms. The van der Waals surface area contributed by atoms with Crippen molar-refractivity contribution in [1.82, 2.24) is 0 Å². The Hall–Kier alpha value is -0.870. The number of hydrogen-bond donors (Lipinski definition) is 0. The van der Waals surface area contributed by atoms with Gasteiger partial charge < -0.3 is 0 Å². The lowest BCUT2D eigenvalue weighted by Crippen LogP contribution is -2.01. The first kappa shape index (κ1) is 12.6. The summed E-state index contributed by atoms with van der Waals surface area (Å²) >= 11 is 6.82. The molecule has 0 saturated heterocycles. The van der Waals surface area contributed by atoms with E-state index in [1.807, 2.05) is 37.3 Å². The molecular weight excluding hydrogens is 349 g/mol. The summed E-state index contributed by atoms with van der Waals surface area (Å²) in [5.41, 5.74) is 2.60. The van der Waals surface area contributed by atoms with Gasteiger partial charge in [-0.2, -0.15) is 0 Å². The van der Waals surface area contributed by atoms with E-state index in [4.69, 9.17) is 0 Å². The van der Waals surface area contributed by atoms with Crippen LogP contribution in [0.15, 0.2) is 46.9 Å². The first-order valence-electron chi connectivity index (χ1n) is 5.05. The molecule has 0 spiro atoms. The van der Waals surface area contributed by atoms with Crippen LogP contribution in [0.3, 0.4) is 0 Å². The molecule has 4 heteroatoms. The van der Waals surface area contributed by atoms with Gasteiger partial charge in [-0.25, -0.2) is 4.39 Å². The van der Waals surface area contributed by atoms with E-state index in [-0.39, 0.29) is 5.82 Å². The molecule has 0 bridgehead atoms. The maximum absolute atomic E-state index is 13.3. The van der Waals surface area contributed by atoms with Gasteiger partial charge >= 0.3 is 0 Å². The van der Waals surface area contributed by atoms with Crippen LogP contribution in [0.2, 0.25) is 0 Å². The van der Waals surface area contributed by atoms with Crippen LogP contribution in [0.25, 0.3) is 0 Å². The van der Waals surface area contributed by atoms with E-state index in [2.05, 4.69) is 32.1 Å². The van der Waals surface area contributed by atoms with E-state index in [1.54, 1.807) is 3.93 Å². The minimum atomic E-state index is -0.235. The van der Waals surface area contributed by atoms with Crippen molar-refractivity contribution in [2.75, 3.05) is 3.93 Å². The first-order chi connectivity index (χ1) is 8.06. The second kappa shape index (κ2) is 5.19. The van der Waals surface area contributed by atoms with E-state index < -0.39 is 0 Å². The Morgan fingerprint density at radius 1 is 1.00 bits per heavy atom. The topological polar surface area (TPSA) is 3.24 Å². The summed E-state index contributed by atoms with van der Waals surface area (Å²) in [6.45, 7) is 1.87. The second-order valence-electron chi connectivity index (χ2n) is 3.74. The monoisotopic (exact) mass is 357 g/mol. The van der Waals surface area contributed by atoms with Gasteiger partial charge in [-0.3, -0.25) is 3.93 Å². The third kappa shape index (κ3) is 3.07. The van der Waals surface area contributed by atoms with Crippen molar-refractivity contribution in [3.8, 4) is 0 Å². The molecule has 0 aliphatic carbocycles. The largest absolute Gasteiger partial charge is 0.277 e. The SMILES string of the molecule is Cc1cc(F)cc(N(Br)c2ccc(Br)cc2)c1. The average Bonchev–Trinajstić information content (AvgIpc) is 2.28. The number of rotatable bonds is 2. The van der Waals surface area contributed by atoms with Crippen LogP contribution in [0.1, 0.15) is 5.56 Å². The van der Waals surface area contributed by atoms with Crippen molar-refractivity contribution < 1.29 is 4.39 Å². The quantitative estimate of drug-likeness (QED) is 0.654. The molecule has 2 aromatic carbocycles. The van der Waals surface area contributed by atoms with Crippen LogP contribution in [0, 0.1) is 12.7 Å². The van der Waals surface area contributed by atoms with Crippen molar-refractivity contribution in [2.24, 2.45) is 0 Å². The van der Waals surface area contributed by atoms with Crippen LogP contribution in [-0.2, 0) is 0 Å². The van der Waals surface area contributed by atoms with Crippen molar-refractivity contribution in [3.05, 3.63) is 58.3 Å². The smallest absolute Gasteiger partial charge is 0.125 e. The Bertz CT molecular complexity index is 505. The number of anilines is 2. The van der Waals surface area contributed by atoms with Gasteiger partial charge in [0.1, 0.15) is 5.82 Å². The highest BCUT2D eigenvalue weighted by Crippen LogP contribution is 2.31. The van der Waals surface area contributed by atoms with E-state index in [9.17, 15) is 4.39 Å². The summed E-state index contributed by atoms with van der Waals surface area (Å²) in [5, 5.41) is 0. The maximum Gasteiger partial charge on any atom is 0.125 e. The number of halogens is 3. The number of aryl methyl sites for hydroxylation is 1. The first-order valence-corrected chi connectivity index (χ1v) is 6.55. The summed E-state index contributed by atoms with van der Waals surface area (Å²) in [7, 11) is 0. The van der Waals surface area contributed by atoms with E-state index in [0.29, 0.717) is 0 Å². The molecule has 0 aromatic heterocycles. The number of benzene rings is 2. The molecule has 2 aromatic rings. The molecule has 0 amide bonds. The zero-order valence-electron chi connectivity index (χ0n) is 9.12. The van der Waals surface area contributed by atoms with Gasteiger partial charge in [0, 0.05) is 4.47 Å². The fraction of sp³-hybridized carbons (Fsp3) is 0.0769. The molecule has 0 aliphatic heterocycles. The summed E-state index contributed by atoms with van der Waals surface area (Å²) in [6.07, 6.45) is 0. The minimum absolute atomic E-state index is 0.235. The standard InChI is InChI=1S/C13H10Br2FN/c1-9-6-11(16)8-13(7-9)17(15)12-4-2-10(14)3-5-12/h2-8H,1H3.